The van der Waals surface area contributed by atoms with Crippen LogP contribution >= 0.6 is 15.9 Å². The van der Waals surface area contributed by atoms with Crippen LogP contribution in [0.2, 0.25) is 0 Å². The number of hydrogen-bond acceptors (Lipinski definition) is 2. The van der Waals surface area contributed by atoms with Crippen molar-refractivity contribution in [3.8, 4) is 0 Å². The molecule has 0 aliphatic carbocycles. The molecule has 102 valence electrons. The second-order valence-corrected chi connectivity index (χ2v) is 5.94. The Hall–Kier alpha value is -1.40. The number of halogens is 2. The van der Waals surface area contributed by atoms with Crippen LogP contribution in [0.1, 0.15) is 24.3 Å². The molecule has 0 saturated heterocycles. The van der Waals surface area contributed by atoms with Crippen molar-refractivity contribution < 1.29 is 14.3 Å². The maximum absolute atomic E-state index is 13.7. The van der Waals surface area contributed by atoms with Gasteiger partial charge in [-0.05, 0) is 32.0 Å². The Bertz CT molecular complexity index is 637. The number of aromatic amines is 1. The third kappa shape index (κ3) is 2.96. The summed E-state index contributed by atoms with van der Waals surface area (Å²) >= 11 is 3.20. The van der Waals surface area contributed by atoms with Gasteiger partial charge in [0.2, 0.25) is 0 Å². The first-order chi connectivity index (χ1) is 8.82. The lowest BCUT2D eigenvalue weighted by molar-refractivity contribution is 0.0865. The monoisotopic (exact) mass is 328 g/mol. The Morgan fingerprint density at radius 2 is 2.16 bits per heavy atom. The van der Waals surface area contributed by atoms with Crippen molar-refractivity contribution in [3.05, 3.63) is 34.2 Å². The second kappa shape index (κ2) is 4.94. The van der Waals surface area contributed by atoms with Crippen molar-refractivity contribution in [3.63, 3.8) is 0 Å². The largest absolute Gasteiger partial charge is 0.394 e. The summed E-state index contributed by atoms with van der Waals surface area (Å²) in [5.74, 6) is -0.785. The van der Waals surface area contributed by atoms with E-state index in [1.54, 1.807) is 19.9 Å². The average Bonchev–Trinajstić information content (AvgIpc) is 2.72. The molecule has 2 rings (SSSR count). The highest BCUT2D eigenvalue weighted by molar-refractivity contribution is 9.10. The molecule has 0 spiro atoms. The third-order valence-electron chi connectivity index (χ3n) is 2.74. The number of H-pyrrole nitrogens is 1. The molecule has 1 amide bonds. The molecular weight excluding hydrogens is 315 g/mol. The molecular formula is C13H14BrFN2O2. The summed E-state index contributed by atoms with van der Waals surface area (Å²) in [6.07, 6.45) is 0. The highest BCUT2D eigenvalue weighted by atomic mass is 79.9. The number of fused-ring (bicyclic) bond motifs is 1. The van der Waals surface area contributed by atoms with Crippen LogP contribution in [-0.4, -0.2) is 28.1 Å². The van der Waals surface area contributed by atoms with Crippen molar-refractivity contribution in [2.24, 2.45) is 0 Å². The number of aliphatic hydroxyl groups excluding tert-OH is 1. The summed E-state index contributed by atoms with van der Waals surface area (Å²) in [6, 6.07) is 4.50. The molecule has 4 nitrogen and oxygen atoms in total. The van der Waals surface area contributed by atoms with Crippen LogP contribution < -0.4 is 5.32 Å². The maximum atomic E-state index is 13.7. The fourth-order valence-corrected chi connectivity index (χ4v) is 2.13. The summed E-state index contributed by atoms with van der Waals surface area (Å²) in [6.45, 7) is 3.22. The van der Waals surface area contributed by atoms with Gasteiger partial charge in [-0.1, -0.05) is 15.9 Å². The van der Waals surface area contributed by atoms with Crippen molar-refractivity contribution in [2.45, 2.75) is 19.4 Å². The van der Waals surface area contributed by atoms with Gasteiger partial charge in [-0.2, -0.15) is 0 Å². The van der Waals surface area contributed by atoms with E-state index < -0.39 is 11.4 Å². The Morgan fingerprint density at radius 3 is 2.79 bits per heavy atom. The second-order valence-electron chi connectivity index (χ2n) is 5.03. The van der Waals surface area contributed by atoms with Crippen molar-refractivity contribution in [1.29, 1.82) is 0 Å². The van der Waals surface area contributed by atoms with Gasteiger partial charge in [0.15, 0.2) is 0 Å². The lowest BCUT2D eigenvalue weighted by Crippen LogP contribution is -2.46. The van der Waals surface area contributed by atoms with E-state index >= 15 is 0 Å². The minimum atomic E-state index is -0.729. The minimum Gasteiger partial charge on any atom is -0.394 e. The van der Waals surface area contributed by atoms with Gasteiger partial charge in [-0.25, -0.2) is 4.39 Å². The van der Waals surface area contributed by atoms with Crippen LogP contribution in [0.3, 0.4) is 0 Å². The highest BCUT2D eigenvalue weighted by Gasteiger charge is 2.21. The summed E-state index contributed by atoms with van der Waals surface area (Å²) in [5, 5.41) is 12.1. The molecule has 1 aromatic heterocycles. The lowest BCUT2D eigenvalue weighted by atomic mass is 10.1. The Kier molecular flexibility index (Phi) is 3.64. The molecule has 0 aliphatic rings. The summed E-state index contributed by atoms with van der Waals surface area (Å²) in [7, 11) is 0. The van der Waals surface area contributed by atoms with Crippen LogP contribution in [0.25, 0.3) is 10.9 Å². The van der Waals surface area contributed by atoms with Crippen LogP contribution in [0.15, 0.2) is 22.7 Å². The van der Waals surface area contributed by atoms with Gasteiger partial charge in [0.25, 0.3) is 5.91 Å². The van der Waals surface area contributed by atoms with E-state index in [-0.39, 0.29) is 18.2 Å². The van der Waals surface area contributed by atoms with Gasteiger partial charge < -0.3 is 15.4 Å². The lowest BCUT2D eigenvalue weighted by Gasteiger charge is -2.22. The van der Waals surface area contributed by atoms with E-state index in [4.69, 9.17) is 5.11 Å². The van der Waals surface area contributed by atoms with Gasteiger partial charge in [0, 0.05) is 9.86 Å². The van der Waals surface area contributed by atoms with Crippen LogP contribution in [0, 0.1) is 5.82 Å². The fraction of sp³-hybridized carbons (Fsp3) is 0.308. The molecule has 0 aliphatic heterocycles. The Labute approximate surface area is 118 Å². The minimum absolute atomic E-state index is 0.182. The molecule has 0 bridgehead atoms. The number of rotatable bonds is 3. The maximum Gasteiger partial charge on any atom is 0.268 e. The molecule has 19 heavy (non-hydrogen) atoms. The van der Waals surface area contributed by atoms with Gasteiger partial charge in [-0.3, -0.25) is 4.79 Å². The Balaban J connectivity index is 2.36. The zero-order valence-electron chi connectivity index (χ0n) is 10.6. The molecule has 0 radical (unpaired) electrons. The predicted molar refractivity (Wildman–Crippen MR) is 74.6 cm³/mol. The Morgan fingerprint density at radius 1 is 1.47 bits per heavy atom. The first-order valence-electron chi connectivity index (χ1n) is 5.73. The van der Waals surface area contributed by atoms with Crippen molar-refractivity contribution >= 4 is 32.7 Å². The number of nitrogens with one attached hydrogen (secondary N) is 2. The third-order valence-corrected chi connectivity index (χ3v) is 3.20. The standard InChI is InChI=1S/C13H14BrFN2O2/c1-13(2,6-18)17-12(19)11-5-8-9(15)3-7(14)4-10(8)16-11/h3-5,16,18H,6H2,1-2H3,(H,17,19). The van der Waals surface area contributed by atoms with Gasteiger partial charge in [0.1, 0.15) is 11.5 Å². The summed E-state index contributed by atoms with van der Waals surface area (Å²) < 4.78 is 14.3. The topological polar surface area (TPSA) is 65.1 Å². The van der Waals surface area contributed by atoms with Gasteiger partial charge in [-0.15, -0.1) is 0 Å². The van der Waals surface area contributed by atoms with E-state index in [0.717, 1.165) is 0 Å². The molecule has 0 unspecified atom stereocenters. The first kappa shape index (κ1) is 14.0. The van der Waals surface area contributed by atoms with E-state index in [0.29, 0.717) is 15.4 Å². The predicted octanol–water partition coefficient (Wildman–Crippen LogP) is 2.57. The number of carbonyl (C=O) groups is 1. The zero-order chi connectivity index (χ0) is 14.2. The van der Waals surface area contributed by atoms with Crippen molar-refractivity contribution in [1.82, 2.24) is 10.3 Å². The molecule has 3 N–H and O–H groups in total. The molecule has 0 atom stereocenters. The highest BCUT2D eigenvalue weighted by Crippen LogP contribution is 2.24. The van der Waals surface area contributed by atoms with E-state index in [9.17, 15) is 9.18 Å². The van der Waals surface area contributed by atoms with Crippen molar-refractivity contribution in [2.75, 3.05) is 6.61 Å². The number of hydrogen-bond donors (Lipinski definition) is 3. The molecule has 2 aromatic rings. The molecule has 1 aromatic carbocycles. The molecule has 0 saturated carbocycles. The smallest absolute Gasteiger partial charge is 0.268 e. The average molecular weight is 329 g/mol. The summed E-state index contributed by atoms with van der Waals surface area (Å²) in [4.78, 5) is 14.9. The molecule has 1 heterocycles. The molecule has 0 fully saturated rings. The van der Waals surface area contributed by atoms with Crippen LogP contribution in [0.5, 0.6) is 0 Å². The fourth-order valence-electron chi connectivity index (χ4n) is 1.70. The SMILES string of the molecule is CC(C)(CO)NC(=O)c1cc2c(F)cc(Br)cc2[nH]1. The van der Waals surface area contributed by atoms with E-state index in [1.165, 1.54) is 12.1 Å². The number of aromatic nitrogens is 1. The number of aliphatic hydroxyl groups is 1. The van der Waals surface area contributed by atoms with E-state index in [1.807, 2.05) is 0 Å². The number of benzene rings is 1. The van der Waals surface area contributed by atoms with Crippen LogP contribution in [0.4, 0.5) is 4.39 Å². The zero-order valence-corrected chi connectivity index (χ0v) is 12.1. The van der Waals surface area contributed by atoms with Gasteiger partial charge >= 0.3 is 0 Å². The summed E-state index contributed by atoms with van der Waals surface area (Å²) in [5.41, 5.74) is 0.0698. The quantitative estimate of drug-likeness (QED) is 0.810. The van der Waals surface area contributed by atoms with E-state index in [2.05, 4.69) is 26.2 Å². The first-order valence-corrected chi connectivity index (χ1v) is 6.53. The van der Waals surface area contributed by atoms with Gasteiger partial charge in [0.05, 0.1) is 17.7 Å². The number of carbonyl (C=O) groups excluding carboxylic acids is 1. The normalized spacial score (nSPS) is 11.8. The van der Waals surface area contributed by atoms with Crippen LogP contribution in [-0.2, 0) is 0 Å². The number of amides is 1. The molecule has 6 heteroatoms.